The summed E-state index contributed by atoms with van der Waals surface area (Å²) in [5, 5.41) is 83.8. The molecule has 0 spiro atoms. The first-order valence-electron chi connectivity index (χ1n) is 36.8. The predicted molar refractivity (Wildman–Crippen MR) is 409 cm³/mol. The van der Waals surface area contributed by atoms with E-state index in [9.17, 15) is 78.0 Å². The molecule has 4 aromatic heterocycles. The Labute approximate surface area is 647 Å². The first-order chi connectivity index (χ1) is 50.6. The molecule has 12 amide bonds. The third kappa shape index (κ3) is 24.0. The molecule has 16 N–H and O–H groups in total. The Kier molecular flexibility index (Phi) is 34.5. The zero-order valence-electron chi connectivity index (χ0n) is 65.1. The molecule has 5 heterocycles. The summed E-state index contributed by atoms with van der Waals surface area (Å²) in [5.74, 6) is -13.6. The van der Waals surface area contributed by atoms with E-state index in [1.165, 1.54) is 49.2 Å². The molecule has 1 aliphatic rings. The Morgan fingerprint density at radius 2 is 0.407 bits per heavy atom. The molecule has 20 atom stereocenters. The number of hydrogen-bond donors (Lipinski definition) is 16. The minimum absolute atomic E-state index is 0.138. The van der Waals surface area contributed by atoms with Gasteiger partial charge < -0.3 is 84.2 Å². The maximum Gasteiger partial charge on any atom is 0.271 e. The van der Waals surface area contributed by atoms with Crippen molar-refractivity contribution in [3.05, 3.63) is 64.3 Å². The minimum Gasteiger partial charge on any atom is -0.391 e. The van der Waals surface area contributed by atoms with Crippen LogP contribution >= 0.6 is 45.3 Å². The topological polar surface area (TPSA) is 482 Å². The van der Waals surface area contributed by atoms with Crippen molar-refractivity contribution in [1.29, 1.82) is 0 Å². The summed E-state index contributed by atoms with van der Waals surface area (Å²) in [7, 11) is 0. The highest BCUT2D eigenvalue weighted by molar-refractivity contribution is 7.10. The summed E-state index contributed by atoms with van der Waals surface area (Å²) < 4.78 is 0. The van der Waals surface area contributed by atoms with E-state index in [0.29, 0.717) is 25.7 Å². The molecule has 108 heavy (non-hydrogen) atoms. The molecule has 4 aromatic rings. The van der Waals surface area contributed by atoms with Crippen LogP contribution in [0.1, 0.15) is 250 Å². The van der Waals surface area contributed by atoms with Gasteiger partial charge in [-0.05, 0) is 75.0 Å². The molecule has 0 radical (unpaired) electrons. The highest BCUT2D eigenvalue weighted by Gasteiger charge is 2.41. The van der Waals surface area contributed by atoms with E-state index in [1.807, 2.05) is 0 Å². The molecule has 1 aliphatic heterocycles. The molecular formula is C72H112N16O16S4. The van der Waals surface area contributed by atoms with Gasteiger partial charge in [-0.2, -0.15) is 0 Å². The predicted octanol–water partition coefficient (Wildman–Crippen LogP) is 3.92. The van der Waals surface area contributed by atoms with E-state index in [1.54, 1.807) is 111 Å². The third-order valence-corrected chi connectivity index (χ3v) is 23.0. The second-order valence-electron chi connectivity index (χ2n) is 29.5. The molecule has 36 heteroatoms. The molecule has 0 saturated carbocycles. The van der Waals surface area contributed by atoms with Crippen LogP contribution in [0.3, 0.4) is 0 Å². The van der Waals surface area contributed by atoms with Crippen LogP contribution < -0.4 is 63.8 Å². The monoisotopic (exact) mass is 1580 g/mol. The summed E-state index contributed by atoms with van der Waals surface area (Å²) in [6, 6.07) is -15.2. The number of aromatic nitrogens is 4. The van der Waals surface area contributed by atoms with E-state index in [-0.39, 0.29) is 42.8 Å². The van der Waals surface area contributed by atoms with Crippen LogP contribution in [-0.4, -0.2) is 184 Å². The van der Waals surface area contributed by atoms with Gasteiger partial charge in [0.15, 0.2) is 0 Å². The van der Waals surface area contributed by atoms with Gasteiger partial charge in [-0.3, -0.25) is 57.5 Å². The van der Waals surface area contributed by atoms with Gasteiger partial charge in [0.05, 0.1) is 48.6 Å². The maximum atomic E-state index is 14.4. The number of aliphatic hydroxyl groups is 4. The van der Waals surface area contributed by atoms with Gasteiger partial charge in [0.25, 0.3) is 23.6 Å². The SMILES string of the molecule is CCC(C)C1NC(=O)c2csc(n2)C(C(C)C)NC(=O)C(C(C)O)NC(=O)C(C(C)CC)NC(=O)c2csc(n2)C(C(C)C)NC(=O)C(C(C)O)NC(=O)C(C(C)CC)NC(=O)c2csc(n2)C(C(C)C)NC(=O)C(C(C)O)NC(=O)C(C(C)CC)NC(=O)c2csc(n2)C(C(C)C)NC(=O)C(C(C)O)NC1=O. The quantitative estimate of drug-likeness (QED) is 0.0756. The molecule has 0 aliphatic carbocycles. The largest absolute Gasteiger partial charge is 0.391 e. The summed E-state index contributed by atoms with van der Waals surface area (Å²) in [4.78, 5) is 190. The fourth-order valence-corrected chi connectivity index (χ4v) is 15.5. The number of hydrogen-bond acceptors (Lipinski definition) is 24. The number of fused-ring (bicyclic) bond motifs is 8. The Morgan fingerprint density at radius 3 is 0.546 bits per heavy atom. The lowest BCUT2D eigenvalue weighted by Crippen LogP contribution is -2.59. The van der Waals surface area contributed by atoms with E-state index in [4.69, 9.17) is 0 Å². The molecular weight excluding hydrogens is 1470 g/mol. The Morgan fingerprint density at radius 1 is 0.259 bits per heavy atom. The highest BCUT2D eigenvalue weighted by atomic mass is 32.1. The number of nitrogens with zero attached hydrogens (tertiary/aromatic N) is 4. The average molecular weight is 1590 g/mol. The molecule has 20 unspecified atom stereocenters. The first kappa shape index (κ1) is 90.6. The van der Waals surface area contributed by atoms with Gasteiger partial charge in [0, 0.05) is 21.5 Å². The van der Waals surface area contributed by atoms with E-state index in [2.05, 4.69) is 83.7 Å². The van der Waals surface area contributed by atoms with Crippen LogP contribution in [0.15, 0.2) is 21.5 Å². The van der Waals surface area contributed by atoms with Crippen LogP contribution in [-0.2, 0) is 38.4 Å². The van der Waals surface area contributed by atoms with Crippen molar-refractivity contribution in [2.24, 2.45) is 47.3 Å². The van der Waals surface area contributed by atoms with Gasteiger partial charge in [-0.1, -0.05) is 136 Å². The number of thiazole rings is 4. The van der Waals surface area contributed by atoms with Gasteiger partial charge in [-0.25, -0.2) is 19.9 Å². The number of carbonyl (C=O) groups excluding carboxylic acids is 12. The molecule has 0 fully saturated rings. The maximum absolute atomic E-state index is 14.4. The van der Waals surface area contributed by atoms with Crippen LogP contribution in [0.25, 0.3) is 0 Å². The van der Waals surface area contributed by atoms with Crippen LogP contribution in [0, 0.1) is 47.3 Å². The third-order valence-electron chi connectivity index (χ3n) is 19.3. The standard InChI is InChI=1S/C72H112N16O16S4/c1-21-33(13)49-61(97)85-53(37(17)89)65(101)77-46(30(7)8)70-74-42(26-106-70)58(94)82-51(35(15)23-3)63(99)87-55(39(19)91)67(103)79-48(32(11)12)72-76-44(28-108-72)60(96)84-52(36(16)24-4)64(100)88-56(40(20)92)68(104)80-47(31(9)10)71-75-43(27-107-71)59(95)83-50(34(14)22-2)62(98)86-54(38(18)90)66(102)78-45(29(5)6)69-73-41(25-105-69)57(93)81-49/h25-40,45-56,89-92H,21-24H2,1-20H3,(H,77,101)(H,78,102)(H,79,103)(H,80,104)(H,81,93)(H,82,94)(H,83,95)(H,84,96)(H,85,97)(H,86,98)(H,87,99)(H,88,100). The van der Waals surface area contributed by atoms with Gasteiger partial charge in [-0.15, -0.1) is 45.3 Å². The van der Waals surface area contributed by atoms with Crippen molar-refractivity contribution >= 4 is 116 Å². The molecule has 5 rings (SSSR count). The molecule has 0 aromatic carbocycles. The van der Waals surface area contributed by atoms with Crippen molar-refractivity contribution in [2.45, 2.75) is 261 Å². The van der Waals surface area contributed by atoms with Crippen LogP contribution in [0.4, 0.5) is 0 Å². The zero-order chi connectivity index (χ0) is 81.2. The number of rotatable bonds is 16. The van der Waals surface area contributed by atoms with E-state index < -0.39 is 215 Å². The van der Waals surface area contributed by atoms with Crippen LogP contribution in [0.5, 0.6) is 0 Å². The first-order valence-corrected chi connectivity index (χ1v) is 40.3. The molecule has 8 bridgehead atoms. The molecule has 600 valence electrons. The summed E-state index contributed by atoms with van der Waals surface area (Å²) in [6.45, 7) is 33.2. The Bertz CT molecular complexity index is 3290. The van der Waals surface area contributed by atoms with E-state index in [0.717, 1.165) is 45.3 Å². The lowest BCUT2D eigenvalue weighted by molar-refractivity contribution is -0.133. The Balaban J connectivity index is 1.54. The van der Waals surface area contributed by atoms with Crippen molar-refractivity contribution in [2.75, 3.05) is 0 Å². The second-order valence-corrected chi connectivity index (χ2v) is 33.0. The van der Waals surface area contributed by atoms with Gasteiger partial charge in [0.2, 0.25) is 47.3 Å². The second kappa shape index (κ2) is 41.2. The summed E-state index contributed by atoms with van der Waals surface area (Å²) >= 11 is 4.06. The number of nitrogens with one attached hydrogen (secondary N) is 12. The normalized spacial score (nSPS) is 26.3. The lowest BCUT2D eigenvalue weighted by atomic mass is 9.97. The lowest BCUT2D eigenvalue weighted by Gasteiger charge is -2.29. The zero-order valence-corrected chi connectivity index (χ0v) is 68.4. The molecule has 32 nitrogen and oxygen atoms in total. The summed E-state index contributed by atoms with van der Waals surface area (Å²) in [5.41, 5.74) is -0.553. The highest BCUT2D eigenvalue weighted by Crippen LogP contribution is 2.31. The summed E-state index contributed by atoms with van der Waals surface area (Å²) in [6.07, 6.45) is -4.53. The number of carbonyl (C=O) groups is 12. The van der Waals surface area contributed by atoms with Crippen molar-refractivity contribution in [1.82, 2.24) is 83.7 Å². The fraction of sp³-hybridized carbons (Fsp3) is 0.667. The number of amides is 12. The minimum atomic E-state index is -1.59. The van der Waals surface area contributed by atoms with Crippen LogP contribution in [0.2, 0.25) is 0 Å². The fourth-order valence-electron chi connectivity index (χ4n) is 11.4. The van der Waals surface area contributed by atoms with Crippen molar-refractivity contribution in [3.8, 4) is 0 Å². The Hall–Kier alpha value is -8.00. The van der Waals surface area contributed by atoms with Crippen molar-refractivity contribution < 1.29 is 78.0 Å². The van der Waals surface area contributed by atoms with Gasteiger partial charge >= 0.3 is 0 Å². The van der Waals surface area contributed by atoms with E-state index >= 15 is 0 Å². The van der Waals surface area contributed by atoms with Crippen molar-refractivity contribution in [3.63, 3.8) is 0 Å². The average Bonchev–Trinajstić information content (AvgIpc) is 1.46. The smallest absolute Gasteiger partial charge is 0.271 e. The molecule has 0 saturated heterocycles. The number of aliphatic hydroxyl groups excluding tert-OH is 4. The van der Waals surface area contributed by atoms with Gasteiger partial charge in [0.1, 0.15) is 91.1 Å².